The summed E-state index contributed by atoms with van der Waals surface area (Å²) in [6, 6.07) is 7.08. The molecule has 1 aliphatic carbocycles. The molecule has 0 unspecified atom stereocenters. The van der Waals surface area contributed by atoms with Crippen molar-refractivity contribution in [3.63, 3.8) is 0 Å². The van der Waals surface area contributed by atoms with Gasteiger partial charge >= 0.3 is 0 Å². The summed E-state index contributed by atoms with van der Waals surface area (Å²) < 4.78 is 24.4. The summed E-state index contributed by atoms with van der Waals surface area (Å²) in [5, 5.41) is 0.959. The van der Waals surface area contributed by atoms with Crippen LogP contribution in [0.4, 0.5) is 0 Å². The van der Waals surface area contributed by atoms with E-state index in [0.717, 1.165) is 15.0 Å². The summed E-state index contributed by atoms with van der Waals surface area (Å²) in [6.07, 6.45) is 6.86. The molecule has 138 valence electrons. The summed E-state index contributed by atoms with van der Waals surface area (Å²) in [4.78, 5) is 16.8. The molecule has 0 amide bonds. The third-order valence-electron chi connectivity index (χ3n) is 6.79. The smallest absolute Gasteiger partial charge is 0.175 e. The summed E-state index contributed by atoms with van der Waals surface area (Å²) in [7, 11) is -3.22. The van der Waals surface area contributed by atoms with E-state index in [9.17, 15) is 13.2 Å². The average Bonchev–Trinajstić information content (AvgIpc) is 3.26. The fraction of sp³-hybridized carbons (Fsp3) is 0.550. The number of fused-ring (bicyclic) bond motifs is 3. The minimum absolute atomic E-state index is 0.233. The van der Waals surface area contributed by atoms with Gasteiger partial charge in [0, 0.05) is 22.9 Å². The van der Waals surface area contributed by atoms with Gasteiger partial charge in [-0.25, -0.2) is 8.42 Å². The van der Waals surface area contributed by atoms with E-state index in [1.165, 1.54) is 56.4 Å². The van der Waals surface area contributed by atoms with Gasteiger partial charge < -0.3 is 0 Å². The maximum atomic E-state index is 13.0. The van der Waals surface area contributed by atoms with E-state index in [2.05, 4.69) is 4.90 Å². The van der Waals surface area contributed by atoms with Gasteiger partial charge in [0.15, 0.2) is 15.6 Å². The monoisotopic (exact) mass is 389 g/mol. The largest absolute Gasteiger partial charge is 0.297 e. The van der Waals surface area contributed by atoms with E-state index < -0.39 is 9.84 Å². The number of thiophene rings is 1. The van der Waals surface area contributed by atoms with Gasteiger partial charge in [-0.2, -0.15) is 0 Å². The Labute approximate surface area is 158 Å². The van der Waals surface area contributed by atoms with Crippen LogP contribution >= 0.6 is 11.3 Å². The lowest BCUT2D eigenvalue weighted by molar-refractivity contribution is -0.0273. The standard InChI is InChI=1S/C20H23NO3S2/c1-26(23,24)15-3-2-14-10-19(25-18(14)11-15)17(22)12-16-13-4-8-21(9-5-13)20(16)6-7-20/h2-3,10-11,13,16H,4-9,12H2,1H3/t16-/m1/s1. The predicted molar refractivity (Wildman–Crippen MR) is 104 cm³/mol. The summed E-state index contributed by atoms with van der Waals surface area (Å²) in [6.45, 7) is 2.43. The highest BCUT2D eigenvalue weighted by atomic mass is 32.2. The van der Waals surface area contributed by atoms with Crippen LogP contribution in [-0.4, -0.2) is 44.0 Å². The number of rotatable bonds is 4. The normalized spacial score (nSPS) is 29.3. The third kappa shape index (κ3) is 2.57. The molecule has 26 heavy (non-hydrogen) atoms. The highest BCUT2D eigenvalue weighted by Gasteiger charge is 2.60. The zero-order valence-electron chi connectivity index (χ0n) is 14.9. The Bertz CT molecular complexity index is 995. The lowest BCUT2D eigenvalue weighted by Gasteiger charge is -2.52. The highest BCUT2D eigenvalue weighted by molar-refractivity contribution is 7.90. The summed E-state index contributed by atoms with van der Waals surface area (Å²) in [5.74, 6) is 1.45. The second kappa shape index (κ2) is 5.63. The van der Waals surface area contributed by atoms with E-state index in [1.807, 2.05) is 12.1 Å². The number of carbonyl (C=O) groups is 1. The number of hydrogen-bond donors (Lipinski definition) is 0. The fourth-order valence-electron chi connectivity index (χ4n) is 5.27. The first-order chi connectivity index (χ1) is 12.4. The molecule has 1 atom stereocenters. The molecule has 0 radical (unpaired) electrons. The number of Topliss-reactive ketones (excluding diaryl/α,β-unsaturated/α-hetero) is 1. The van der Waals surface area contributed by atoms with E-state index in [4.69, 9.17) is 0 Å². The number of benzene rings is 1. The lowest BCUT2D eigenvalue weighted by Crippen LogP contribution is -2.57. The van der Waals surface area contributed by atoms with Crippen molar-refractivity contribution in [3.8, 4) is 0 Å². The minimum Gasteiger partial charge on any atom is -0.297 e. The molecule has 1 aromatic carbocycles. The quantitative estimate of drug-likeness (QED) is 0.748. The second-order valence-electron chi connectivity index (χ2n) is 8.24. The van der Waals surface area contributed by atoms with Gasteiger partial charge in [-0.15, -0.1) is 11.3 Å². The van der Waals surface area contributed by atoms with Gasteiger partial charge in [0.2, 0.25) is 0 Å². The Morgan fingerprint density at radius 2 is 1.96 bits per heavy atom. The Kier molecular flexibility index (Phi) is 3.66. The lowest BCUT2D eigenvalue weighted by atomic mass is 9.70. The van der Waals surface area contributed by atoms with Crippen molar-refractivity contribution in [1.82, 2.24) is 4.90 Å². The fourth-order valence-corrected chi connectivity index (χ4v) is 7.04. The van der Waals surface area contributed by atoms with Crippen molar-refractivity contribution >= 4 is 37.0 Å². The molecule has 0 N–H and O–H groups in total. The number of nitrogens with zero attached hydrogens (tertiary/aromatic N) is 1. The van der Waals surface area contributed by atoms with Crippen molar-refractivity contribution in [2.75, 3.05) is 19.3 Å². The molecule has 4 nitrogen and oxygen atoms in total. The third-order valence-corrected chi connectivity index (χ3v) is 9.04. The molecule has 6 rings (SSSR count). The van der Waals surface area contributed by atoms with Gasteiger partial charge in [0.25, 0.3) is 0 Å². The van der Waals surface area contributed by atoms with Crippen molar-refractivity contribution in [1.29, 1.82) is 0 Å². The van der Waals surface area contributed by atoms with Crippen LogP contribution in [0.2, 0.25) is 0 Å². The minimum atomic E-state index is -3.22. The Balaban J connectivity index is 1.42. The van der Waals surface area contributed by atoms with Gasteiger partial charge in [-0.3, -0.25) is 9.69 Å². The first kappa shape index (κ1) is 16.9. The van der Waals surface area contributed by atoms with E-state index in [0.29, 0.717) is 28.7 Å². The zero-order valence-corrected chi connectivity index (χ0v) is 16.5. The molecule has 3 saturated heterocycles. The van der Waals surface area contributed by atoms with Crippen LogP contribution in [-0.2, 0) is 9.84 Å². The molecule has 1 aromatic heterocycles. The molecule has 2 aromatic rings. The summed E-state index contributed by atoms with van der Waals surface area (Å²) >= 11 is 1.44. The average molecular weight is 390 g/mol. The van der Waals surface area contributed by atoms with Gasteiger partial charge in [-0.05, 0) is 74.2 Å². The van der Waals surface area contributed by atoms with Crippen molar-refractivity contribution < 1.29 is 13.2 Å². The van der Waals surface area contributed by atoms with Gasteiger partial charge in [-0.1, -0.05) is 6.07 Å². The Hall–Kier alpha value is -1.24. The molecule has 4 aliphatic rings. The van der Waals surface area contributed by atoms with Crippen LogP contribution in [0.1, 0.15) is 41.8 Å². The van der Waals surface area contributed by atoms with Crippen LogP contribution in [0.15, 0.2) is 29.2 Å². The van der Waals surface area contributed by atoms with Crippen LogP contribution in [0.3, 0.4) is 0 Å². The number of piperidine rings is 3. The van der Waals surface area contributed by atoms with Crippen LogP contribution in [0.5, 0.6) is 0 Å². The SMILES string of the molecule is CS(=O)(=O)c1ccc2cc(C(=O)C[C@@H]3C4CCN(CC4)C34CC4)sc2c1. The zero-order chi connectivity index (χ0) is 18.1. The molecule has 1 saturated carbocycles. The van der Waals surface area contributed by atoms with Crippen molar-refractivity contribution in [3.05, 3.63) is 29.1 Å². The highest BCUT2D eigenvalue weighted by Crippen LogP contribution is 2.58. The molecule has 2 bridgehead atoms. The summed E-state index contributed by atoms with van der Waals surface area (Å²) in [5.41, 5.74) is 0.330. The van der Waals surface area contributed by atoms with E-state index >= 15 is 0 Å². The Morgan fingerprint density at radius 1 is 1.23 bits per heavy atom. The number of sulfone groups is 1. The topological polar surface area (TPSA) is 54.5 Å². The predicted octanol–water partition coefficient (Wildman–Crippen LogP) is 3.75. The van der Waals surface area contributed by atoms with E-state index in [-0.39, 0.29) is 5.78 Å². The molecular weight excluding hydrogens is 366 g/mol. The van der Waals surface area contributed by atoms with Crippen LogP contribution in [0.25, 0.3) is 10.1 Å². The maximum absolute atomic E-state index is 13.0. The number of hydrogen-bond acceptors (Lipinski definition) is 5. The Morgan fingerprint density at radius 3 is 2.62 bits per heavy atom. The van der Waals surface area contributed by atoms with Gasteiger partial charge in [0.05, 0.1) is 9.77 Å². The molecular formula is C20H23NO3S2. The molecule has 4 heterocycles. The molecule has 1 spiro atoms. The number of ketones is 1. The van der Waals surface area contributed by atoms with Crippen molar-refractivity contribution in [2.24, 2.45) is 11.8 Å². The van der Waals surface area contributed by atoms with E-state index in [1.54, 1.807) is 12.1 Å². The van der Waals surface area contributed by atoms with Gasteiger partial charge in [0.1, 0.15) is 0 Å². The molecule has 6 heteroatoms. The first-order valence-corrected chi connectivity index (χ1v) is 12.1. The molecule has 3 aliphatic heterocycles. The first-order valence-electron chi connectivity index (χ1n) is 9.39. The molecule has 4 fully saturated rings. The van der Waals surface area contributed by atoms with Crippen LogP contribution in [0, 0.1) is 11.8 Å². The van der Waals surface area contributed by atoms with Crippen molar-refractivity contribution in [2.45, 2.75) is 42.5 Å². The van der Waals surface area contributed by atoms with Crippen LogP contribution < -0.4 is 0 Å². The second-order valence-corrected chi connectivity index (χ2v) is 11.3. The maximum Gasteiger partial charge on any atom is 0.175 e. The number of carbonyl (C=O) groups excluding carboxylic acids is 1.